The average Bonchev–Trinajstić information content (AvgIpc) is 2.29. The molecule has 0 bridgehead atoms. The van der Waals surface area contributed by atoms with Crippen molar-refractivity contribution in [3.63, 3.8) is 0 Å². The number of hydrogen-bond acceptors (Lipinski definition) is 2. The molecule has 3 nitrogen and oxygen atoms in total. The van der Waals surface area contributed by atoms with Crippen LogP contribution in [0.4, 0.5) is 4.39 Å². The van der Waals surface area contributed by atoms with Gasteiger partial charge >= 0.3 is 0 Å². The van der Waals surface area contributed by atoms with Gasteiger partial charge in [-0.15, -0.1) is 0 Å². The summed E-state index contributed by atoms with van der Waals surface area (Å²) in [5.41, 5.74) is 0.498. The van der Waals surface area contributed by atoms with Crippen LogP contribution in [0.15, 0.2) is 18.2 Å². The van der Waals surface area contributed by atoms with Crippen LogP contribution in [0.25, 0.3) is 0 Å². The predicted molar refractivity (Wildman–Crippen MR) is 73.2 cm³/mol. The van der Waals surface area contributed by atoms with Crippen molar-refractivity contribution in [2.24, 2.45) is 5.41 Å². The number of rotatable bonds is 3. The third-order valence-electron chi connectivity index (χ3n) is 3.11. The number of nitrogens with zero attached hydrogens (tertiary/aromatic N) is 1. The van der Waals surface area contributed by atoms with Crippen molar-refractivity contribution in [2.45, 2.75) is 33.3 Å². The smallest absolute Gasteiger partial charge is 0.230 e. The van der Waals surface area contributed by atoms with E-state index in [1.807, 2.05) is 20.8 Å². The molecule has 0 heterocycles. The van der Waals surface area contributed by atoms with E-state index in [0.29, 0.717) is 11.1 Å². The van der Waals surface area contributed by atoms with E-state index in [1.54, 1.807) is 26.2 Å². The third kappa shape index (κ3) is 3.53. The molecule has 0 aromatic heterocycles. The van der Waals surface area contributed by atoms with Crippen LogP contribution in [0.5, 0.6) is 0 Å². The summed E-state index contributed by atoms with van der Waals surface area (Å²) >= 11 is 0. The topological polar surface area (TPSA) is 40.5 Å². The molecule has 1 rings (SSSR count). The minimum absolute atomic E-state index is 0.122. The summed E-state index contributed by atoms with van der Waals surface area (Å²) in [6.45, 7) is 5.54. The first-order valence-corrected chi connectivity index (χ1v) is 6.28. The number of carbonyl (C=O) groups is 1. The van der Waals surface area contributed by atoms with E-state index < -0.39 is 11.7 Å². The molecule has 1 amide bonds. The minimum atomic E-state index is -0.546. The fourth-order valence-corrected chi connectivity index (χ4v) is 2.13. The van der Waals surface area contributed by atoms with Crippen LogP contribution in [-0.4, -0.2) is 30.0 Å². The second-order valence-electron chi connectivity index (χ2n) is 6.05. The summed E-state index contributed by atoms with van der Waals surface area (Å²) < 4.78 is 14.2. The van der Waals surface area contributed by atoms with E-state index in [-0.39, 0.29) is 17.9 Å². The minimum Gasteiger partial charge on any atom is -0.392 e. The lowest BCUT2D eigenvalue weighted by atomic mass is 9.75. The molecule has 19 heavy (non-hydrogen) atoms. The summed E-state index contributed by atoms with van der Waals surface area (Å²) in [5, 5.41) is 9.01. The van der Waals surface area contributed by atoms with E-state index >= 15 is 0 Å². The zero-order valence-corrected chi connectivity index (χ0v) is 12.2. The Bertz CT molecular complexity index is 464. The lowest BCUT2D eigenvalue weighted by molar-refractivity contribution is -0.132. The van der Waals surface area contributed by atoms with Gasteiger partial charge in [0.05, 0.1) is 12.5 Å². The van der Waals surface area contributed by atoms with Crippen molar-refractivity contribution in [3.05, 3.63) is 35.1 Å². The monoisotopic (exact) mass is 267 g/mol. The first-order chi connectivity index (χ1) is 8.68. The largest absolute Gasteiger partial charge is 0.392 e. The molecule has 0 saturated carbocycles. The van der Waals surface area contributed by atoms with Crippen molar-refractivity contribution in [3.8, 4) is 0 Å². The molecular weight excluding hydrogens is 245 g/mol. The highest BCUT2D eigenvalue weighted by atomic mass is 19.1. The fourth-order valence-electron chi connectivity index (χ4n) is 2.13. The molecule has 4 heteroatoms. The van der Waals surface area contributed by atoms with Gasteiger partial charge in [-0.3, -0.25) is 4.79 Å². The lowest BCUT2D eigenvalue weighted by Gasteiger charge is -2.32. The van der Waals surface area contributed by atoms with E-state index in [2.05, 4.69) is 0 Å². The molecule has 0 saturated heterocycles. The molecule has 1 N–H and O–H groups in total. The van der Waals surface area contributed by atoms with Crippen LogP contribution in [0.2, 0.25) is 0 Å². The first kappa shape index (κ1) is 15.6. The van der Waals surface area contributed by atoms with E-state index in [1.165, 1.54) is 11.0 Å². The van der Waals surface area contributed by atoms with Crippen LogP contribution in [0.3, 0.4) is 0 Å². The molecular formula is C15H22FNO2. The SMILES string of the molecule is CN(C)C(=O)C(c1ccc(CO)cc1F)C(C)(C)C. The number of halogens is 1. The summed E-state index contributed by atoms with van der Waals surface area (Å²) in [6.07, 6.45) is 0. The van der Waals surface area contributed by atoms with Gasteiger partial charge < -0.3 is 10.0 Å². The van der Waals surface area contributed by atoms with Gasteiger partial charge in [-0.25, -0.2) is 4.39 Å². The average molecular weight is 267 g/mol. The molecule has 0 aliphatic carbocycles. The number of benzene rings is 1. The second-order valence-corrected chi connectivity index (χ2v) is 6.05. The summed E-state index contributed by atoms with van der Waals surface area (Å²) in [4.78, 5) is 13.8. The Labute approximate surface area is 114 Å². The van der Waals surface area contributed by atoms with Gasteiger partial charge in [-0.05, 0) is 17.0 Å². The zero-order chi connectivity index (χ0) is 14.8. The van der Waals surface area contributed by atoms with Crippen LogP contribution in [0, 0.1) is 11.2 Å². The standard InChI is InChI=1S/C15H22FNO2/c1-15(2,3)13(14(19)17(4)5)11-7-6-10(9-18)8-12(11)16/h6-8,13,18H,9H2,1-5H3. The maximum atomic E-state index is 14.2. The van der Waals surface area contributed by atoms with Crippen molar-refractivity contribution >= 4 is 5.91 Å². The number of likely N-dealkylation sites (N-methyl/N-ethyl adjacent to an activating group) is 1. The maximum Gasteiger partial charge on any atom is 0.230 e. The molecule has 106 valence electrons. The van der Waals surface area contributed by atoms with Crippen molar-refractivity contribution < 1.29 is 14.3 Å². The van der Waals surface area contributed by atoms with E-state index in [0.717, 1.165) is 0 Å². The predicted octanol–water partition coefficient (Wildman–Crippen LogP) is 2.54. The Morgan fingerprint density at radius 1 is 1.37 bits per heavy atom. The zero-order valence-electron chi connectivity index (χ0n) is 12.2. The highest BCUT2D eigenvalue weighted by Crippen LogP contribution is 2.37. The molecule has 0 aliphatic rings. The van der Waals surface area contributed by atoms with Crippen LogP contribution < -0.4 is 0 Å². The van der Waals surface area contributed by atoms with Crippen LogP contribution >= 0.6 is 0 Å². The van der Waals surface area contributed by atoms with Gasteiger partial charge in [-0.2, -0.15) is 0 Å². The second kappa shape index (κ2) is 5.70. The molecule has 1 aromatic carbocycles. The fraction of sp³-hybridized carbons (Fsp3) is 0.533. The van der Waals surface area contributed by atoms with Crippen LogP contribution in [0.1, 0.15) is 37.8 Å². The number of aliphatic hydroxyl groups is 1. The van der Waals surface area contributed by atoms with Gasteiger partial charge in [0.15, 0.2) is 0 Å². The van der Waals surface area contributed by atoms with Gasteiger partial charge in [0, 0.05) is 19.7 Å². The van der Waals surface area contributed by atoms with Gasteiger partial charge in [0.2, 0.25) is 5.91 Å². The normalized spacial score (nSPS) is 13.2. The van der Waals surface area contributed by atoms with Crippen LogP contribution in [-0.2, 0) is 11.4 Å². The summed E-state index contributed by atoms with van der Waals surface area (Å²) in [5.74, 6) is -1.11. The number of carbonyl (C=O) groups excluding carboxylic acids is 1. The molecule has 1 aromatic rings. The molecule has 0 aliphatic heterocycles. The van der Waals surface area contributed by atoms with Gasteiger partial charge in [0.1, 0.15) is 5.82 Å². The number of aliphatic hydroxyl groups excluding tert-OH is 1. The molecule has 1 unspecified atom stereocenters. The number of hydrogen-bond donors (Lipinski definition) is 1. The van der Waals surface area contributed by atoms with E-state index in [4.69, 9.17) is 5.11 Å². The van der Waals surface area contributed by atoms with Crippen molar-refractivity contribution in [1.29, 1.82) is 0 Å². The third-order valence-corrected chi connectivity index (χ3v) is 3.11. The van der Waals surface area contributed by atoms with Crippen molar-refractivity contribution in [2.75, 3.05) is 14.1 Å². The highest BCUT2D eigenvalue weighted by molar-refractivity contribution is 5.84. The summed E-state index contributed by atoms with van der Waals surface area (Å²) in [7, 11) is 3.34. The Morgan fingerprint density at radius 3 is 2.32 bits per heavy atom. The Hall–Kier alpha value is -1.42. The Balaban J connectivity index is 3.30. The first-order valence-electron chi connectivity index (χ1n) is 6.28. The molecule has 0 spiro atoms. The Morgan fingerprint density at radius 2 is 1.95 bits per heavy atom. The van der Waals surface area contributed by atoms with E-state index in [9.17, 15) is 9.18 Å². The summed E-state index contributed by atoms with van der Waals surface area (Å²) in [6, 6.07) is 4.54. The Kier molecular flexibility index (Phi) is 4.69. The quantitative estimate of drug-likeness (QED) is 0.914. The van der Waals surface area contributed by atoms with Gasteiger partial charge in [-0.1, -0.05) is 32.9 Å². The molecule has 0 radical (unpaired) electrons. The highest BCUT2D eigenvalue weighted by Gasteiger charge is 2.35. The van der Waals surface area contributed by atoms with Gasteiger partial charge in [0.25, 0.3) is 0 Å². The van der Waals surface area contributed by atoms with Crippen molar-refractivity contribution in [1.82, 2.24) is 4.90 Å². The lowest BCUT2D eigenvalue weighted by Crippen LogP contribution is -2.36. The number of amides is 1. The molecule has 0 fully saturated rings. The maximum absolute atomic E-state index is 14.2. The molecule has 1 atom stereocenters.